The molecule has 0 amide bonds. The van der Waals surface area contributed by atoms with Crippen LogP contribution in [0, 0.1) is 6.92 Å². The van der Waals surface area contributed by atoms with Crippen molar-refractivity contribution in [3.05, 3.63) is 59.5 Å². The van der Waals surface area contributed by atoms with Crippen molar-refractivity contribution >= 4 is 16.0 Å². The van der Waals surface area contributed by atoms with Crippen LogP contribution in [0.3, 0.4) is 0 Å². The maximum absolute atomic E-state index is 12.6. The van der Waals surface area contributed by atoms with Gasteiger partial charge in [0.15, 0.2) is 6.10 Å². The number of aromatic nitrogens is 2. The molecule has 0 saturated carbocycles. The maximum atomic E-state index is 12.6. The standard InChI is InChI=1S/C19H19N3O6S/c1-11-4-6-13(7-5-11)18-22-21-17(28-18)12(2)27-19(23)15-10-14(29(20,24)25)8-9-16(15)26-3/h4-10,12H,1-3H3,(H2,20,24,25)/t12-/m1/s1. The number of nitrogens with two attached hydrogens (primary N) is 1. The van der Waals surface area contributed by atoms with Crippen LogP contribution in [0.2, 0.25) is 0 Å². The van der Waals surface area contributed by atoms with Gasteiger partial charge in [-0.25, -0.2) is 18.4 Å². The molecule has 29 heavy (non-hydrogen) atoms. The quantitative estimate of drug-likeness (QED) is 0.605. The van der Waals surface area contributed by atoms with Crippen molar-refractivity contribution in [2.45, 2.75) is 24.8 Å². The normalized spacial score (nSPS) is 12.4. The molecule has 2 aromatic carbocycles. The highest BCUT2D eigenvalue weighted by Crippen LogP contribution is 2.27. The topological polar surface area (TPSA) is 135 Å². The fourth-order valence-electron chi connectivity index (χ4n) is 2.51. The predicted octanol–water partition coefficient (Wildman–Crippen LogP) is 2.62. The lowest BCUT2D eigenvalue weighted by Gasteiger charge is -2.12. The number of sulfonamides is 1. The Kier molecular flexibility index (Phi) is 5.66. The Labute approximate surface area is 167 Å². The number of aryl methyl sites for hydroxylation is 1. The minimum Gasteiger partial charge on any atom is -0.496 e. The van der Waals surface area contributed by atoms with Crippen molar-refractivity contribution in [2.24, 2.45) is 5.14 Å². The Balaban J connectivity index is 1.81. The van der Waals surface area contributed by atoms with Crippen LogP contribution >= 0.6 is 0 Å². The van der Waals surface area contributed by atoms with Crippen molar-refractivity contribution in [2.75, 3.05) is 7.11 Å². The van der Waals surface area contributed by atoms with Crippen LogP contribution in [0.15, 0.2) is 51.8 Å². The largest absolute Gasteiger partial charge is 0.496 e. The SMILES string of the molecule is COc1ccc(S(N)(=O)=O)cc1C(=O)O[C@H](C)c1nnc(-c2ccc(C)cc2)o1. The average molecular weight is 417 g/mol. The third-order valence-electron chi connectivity index (χ3n) is 4.09. The van der Waals surface area contributed by atoms with Crippen molar-refractivity contribution in [3.8, 4) is 17.2 Å². The lowest BCUT2D eigenvalue weighted by atomic mass is 10.1. The second-order valence-corrected chi connectivity index (χ2v) is 7.83. The van der Waals surface area contributed by atoms with Crippen LogP contribution in [-0.2, 0) is 14.8 Å². The van der Waals surface area contributed by atoms with Gasteiger partial charge in [0, 0.05) is 5.56 Å². The van der Waals surface area contributed by atoms with Gasteiger partial charge in [0.2, 0.25) is 15.9 Å². The van der Waals surface area contributed by atoms with Crippen molar-refractivity contribution in [1.29, 1.82) is 0 Å². The molecule has 3 aromatic rings. The molecule has 0 aliphatic rings. The number of rotatable bonds is 6. The van der Waals surface area contributed by atoms with E-state index in [0.717, 1.165) is 17.2 Å². The Hall–Kier alpha value is -3.24. The Morgan fingerprint density at radius 3 is 2.45 bits per heavy atom. The van der Waals surface area contributed by atoms with E-state index in [1.807, 2.05) is 31.2 Å². The van der Waals surface area contributed by atoms with Crippen molar-refractivity contribution < 1.29 is 27.1 Å². The number of methoxy groups -OCH3 is 1. The van der Waals surface area contributed by atoms with Gasteiger partial charge in [-0.15, -0.1) is 10.2 Å². The molecule has 2 N–H and O–H groups in total. The van der Waals surface area contributed by atoms with Gasteiger partial charge in [-0.2, -0.15) is 0 Å². The fourth-order valence-corrected chi connectivity index (χ4v) is 3.05. The number of hydrogen-bond donors (Lipinski definition) is 1. The van der Waals surface area contributed by atoms with Crippen LogP contribution < -0.4 is 9.88 Å². The molecule has 1 atom stereocenters. The zero-order chi connectivity index (χ0) is 21.2. The van der Waals surface area contributed by atoms with Crippen LogP contribution in [0.1, 0.15) is 34.8 Å². The molecule has 10 heteroatoms. The van der Waals surface area contributed by atoms with E-state index in [2.05, 4.69) is 10.2 Å². The highest BCUT2D eigenvalue weighted by molar-refractivity contribution is 7.89. The molecule has 1 heterocycles. The van der Waals surface area contributed by atoms with Crippen LogP contribution in [0.5, 0.6) is 5.75 Å². The van der Waals surface area contributed by atoms with Gasteiger partial charge in [-0.1, -0.05) is 17.7 Å². The van der Waals surface area contributed by atoms with E-state index in [-0.39, 0.29) is 28.0 Å². The zero-order valence-electron chi connectivity index (χ0n) is 15.9. The summed E-state index contributed by atoms with van der Waals surface area (Å²) in [5.74, 6) is -0.303. The smallest absolute Gasteiger partial charge is 0.342 e. The zero-order valence-corrected chi connectivity index (χ0v) is 16.8. The van der Waals surface area contributed by atoms with Gasteiger partial charge < -0.3 is 13.9 Å². The van der Waals surface area contributed by atoms with Crippen molar-refractivity contribution in [3.63, 3.8) is 0 Å². The number of ether oxygens (including phenoxy) is 2. The second kappa shape index (κ2) is 8.02. The highest BCUT2D eigenvalue weighted by Gasteiger charge is 2.23. The number of carbonyl (C=O) groups is 1. The van der Waals surface area contributed by atoms with Crippen LogP contribution in [-0.4, -0.2) is 31.7 Å². The Morgan fingerprint density at radius 2 is 1.83 bits per heavy atom. The molecular weight excluding hydrogens is 398 g/mol. The average Bonchev–Trinajstić information content (AvgIpc) is 3.17. The lowest BCUT2D eigenvalue weighted by molar-refractivity contribution is 0.0276. The molecule has 0 saturated heterocycles. The molecule has 0 aliphatic carbocycles. The monoisotopic (exact) mass is 417 g/mol. The van der Waals surface area contributed by atoms with Gasteiger partial charge in [-0.05, 0) is 44.2 Å². The van der Waals surface area contributed by atoms with E-state index in [9.17, 15) is 13.2 Å². The number of carbonyl (C=O) groups excluding carboxylic acids is 1. The van der Waals surface area contributed by atoms with Crippen molar-refractivity contribution in [1.82, 2.24) is 10.2 Å². The Bertz CT molecular complexity index is 1140. The first kappa shape index (κ1) is 20.5. The summed E-state index contributed by atoms with van der Waals surface area (Å²) in [7, 11) is -2.65. The van der Waals surface area contributed by atoms with E-state index in [1.54, 1.807) is 6.92 Å². The molecule has 0 aliphatic heterocycles. The summed E-state index contributed by atoms with van der Waals surface area (Å²) in [5.41, 5.74) is 1.73. The molecule has 3 rings (SSSR count). The number of nitrogens with zero attached hydrogens (tertiary/aromatic N) is 2. The molecule has 0 fully saturated rings. The highest BCUT2D eigenvalue weighted by atomic mass is 32.2. The third-order valence-corrected chi connectivity index (χ3v) is 5.00. The van der Waals surface area contributed by atoms with Crippen LogP contribution in [0.25, 0.3) is 11.5 Å². The summed E-state index contributed by atoms with van der Waals surface area (Å²) >= 11 is 0. The van der Waals surface area contributed by atoms with E-state index in [1.165, 1.54) is 19.2 Å². The predicted molar refractivity (Wildman–Crippen MR) is 103 cm³/mol. The Morgan fingerprint density at radius 1 is 1.14 bits per heavy atom. The number of hydrogen-bond acceptors (Lipinski definition) is 8. The summed E-state index contributed by atoms with van der Waals surface area (Å²) in [6.07, 6.45) is -0.878. The van der Waals surface area contributed by atoms with Gasteiger partial charge >= 0.3 is 5.97 Å². The first-order chi connectivity index (χ1) is 13.7. The van der Waals surface area contributed by atoms with Crippen LogP contribution in [0.4, 0.5) is 0 Å². The van der Waals surface area contributed by atoms with E-state index < -0.39 is 22.1 Å². The molecule has 0 spiro atoms. The van der Waals surface area contributed by atoms with E-state index >= 15 is 0 Å². The number of benzene rings is 2. The van der Waals surface area contributed by atoms with E-state index in [0.29, 0.717) is 0 Å². The molecule has 0 bridgehead atoms. The summed E-state index contributed by atoms with van der Waals surface area (Å²) in [6, 6.07) is 11.2. The molecule has 0 radical (unpaired) electrons. The van der Waals surface area contributed by atoms with E-state index in [4.69, 9.17) is 19.0 Å². The summed E-state index contributed by atoms with van der Waals surface area (Å²) in [6.45, 7) is 3.52. The maximum Gasteiger partial charge on any atom is 0.342 e. The molecule has 0 unspecified atom stereocenters. The van der Waals surface area contributed by atoms with Gasteiger partial charge in [0.05, 0.1) is 12.0 Å². The number of primary sulfonamides is 1. The third kappa shape index (κ3) is 4.61. The van der Waals surface area contributed by atoms with Gasteiger partial charge in [-0.3, -0.25) is 0 Å². The lowest BCUT2D eigenvalue weighted by Crippen LogP contribution is -2.15. The molecule has 152 valence electrons. The molecule has 1 aromatic heterocycles. The summed E-state index contributed by atoms with van der Waals surface area (Å²) in [5, 5.41) is 13.0. The minimum absolute atomic E-state index is 0.0930. The first-order valence-corrected chi connectivity index (χ1v) is 10.1. The summed E-state index contributed by atoms with van der Waals surface area (Å²) in [4.78, 5) is 12.3. The first-order valence-electron chi connectivity index (χ1n) is 8.51. The molecular formula is C19H19N3O6S. The summed E-state index contributed by atoms with van der Waals surface area (Å²) < 4.78 is 39.2. The second-order valence-electron chi connectivity index (χ2n) is 6.27. The molecule has 9 nitrogen and oxygen atoms in total. The minimum atomic E-state index is -4.00. The van der Waals surface area contributed by atoms with Gasteiger partial charge in [0.25, 0.3) is 5.89 Å². The fraction of sp³-hybridized carbons (Fsp3) is 0.211. The van der Waals surface area contributed by atoms with Gasteiger partial charge in [0.1, 0.15) is 11.3 Å². The number of esters is 1.